The minimum atomic E-state index is -1.14. The summed E-state index contributed by atoms with van der Waals surface area (Å²) in [4.78, 5) is 28.9. The highest BCUT2D eigenvalue weighted by Crippen LogP contribution is 2.38. The predicted octanol–water partition coefficient (Wildman–Crippen LogP) is 6.50. The molecular formula is C31H42N2O6. The molecule has 8 heteroatoms. The number of hydrogen-bond acceptors (Lipinski definition) is 6. The van der Waals surface area contributed by atoms with Gasteiger partial charge in [-0.25, -0.2) is 9.59 Å². The molecule has 2 aromatic carbocycles. The summed E-state index contributed by atoms with van der Waals surface area (Å²) in [5, 5.41) is 11.9. The second kappa shape index (κ2) is 12.1. The van der Waals surface area contributed by atoms with E-state index < -0.39 is 28.8 Å². The van der Waals surface area contributed by atoms with E-state index in [1.54, 1.807) is 42.5 Å². The highest BCUT2D eigenvalue weighted by atomic mass is 16.6. The number of carbonyl (C=O) groups is 2. The van der Waals surface area contributed by atoms with Crippen molar-refractivity contribution in [2.45, 2.75) is 77.1 Å². The maximum atomic E-state index is 13.3. The van der Waals surface area contributed by atoms with Crippen LogP contribution in [0.25, 0.3) is 0 Å². The fraction of sp³-hybridized carbons (Fsp3) is 0.484. The van der Waals surface area contributed by atoms with E-state index in [0.717, 1.165) is 5.56 Å². The number of likely N-dealkylation sites (tertiary alicyclic amines) is 1. The number of benzene rings is 2. The predicted molar refractivity (Wildman–Crippen MR) is 152 cm³/mol. The van der Waals surface area contributed by atoms with Crippen LogP contribution in [-0.2, 0) is 9.47 Å². The third kappa shape index (κ3) is 8.48. The van der Waals surface area contributed by atoms with Crippen molar-refractivity contribution in [1.29, 1.82) is 0 Å². The number of piperidine rings is 1. The molecule has 0 saturated carbocycles. The van der Waals surface area contributed by atoms with Crippen molar-refractivity contribution in [2.75, 3.05) is 25.1 Å². The maximum absolute atomic E-state index is 13.3. The molecular weight excluding hydrogens is 496 g/mol. The first-order valence-corrected chi connectivity index (χ1v) is 13.3. The Bertz CT molecular complexity index is 1120. The lowest BCUT2D eigenvalue weighted by Gasteiger charge is -2.42. The van der Waals surface area contributed by atoms with Crippen LogP contribution in [0.3, 0.4) is 0 Å². The Hall–Kier alpha value is -3.52. The van der Waals surface area contributed by atoms with Crippen molar-refractivity contribution in [3.63, 3.8) is 0 Å². The minimum Gasteiger partial charge on any atom is -0.497 e. The van der Waals surface area contributed by atoms with Crippen LogP contribution in [0.5, 0.6) is 5.75 Å². The summed E-state index contributed by atoms with van der Waals surface area (Å²) < 4.78 is 16.5. The summed E-state index contributed by atoms with van der Waals surface area (Å²) in [6, 6.07) is 16.8. The van der Waals surface area contributed by atoms with Crippen molar-refractivity contribution >= 4 is 17.9 Å². The number of carbonyl (C=O) groups excluding carboxylic acids is 2. The van der Waals surface area contributed by atoms with Gasteiger partial charge >= 0.3 is 12.2 Å². The largest absolute Gasteiger partial charge is 0.497 e. The molecule has 1 saturated heterocycles. The van der Waals surface area contributed by atoms with Gasteiger partial charge in [-0.15, -0.1) is 0 Å². The fourth-order valence-corrected chi connectivity index (χ4v) is 4.45. The molecule has 212 valence electrons. The number of aliphatic hydroxyl groups is 1. The molecule has 0 unspecified atom stereocenters. The smallest absolute Gasteiger partial charge is 0.418 e. The van der Waals surface area contributed by atoms with Gasteiger partial charge < -0.3 is 24.2 Å². The first kappa shape index (κ1) is 30.0. The van der Waals surface area contributed by atoms with Gasteiger partial charge in [-0.1, -0.05) is 36.4 Å². The van der Waals surface area contributed by atoms with E-state index in [-0.39, 0.29) is 6.09 Å². The van der Waals surface area contributed by atoms with Crippen molar-refractivity contribution in [2.24, 2.45) is 0 Å². The Kier molecular flexibility index (Phi) is 9.33. The molecule has 0 aliphatic carbocycles. The van der Waals surface area contributed by atoms with Gasteiger partial charge in [-0.05, 0) is 84.2 Å². The Balaban J connectivity index is 1.92. The average Bonchev–Trinajstić information content (AvgIpc) is 2.85. The molecule has 2 amide bonds. The topological polar surface area (TPSA) is 88.5 Å². The van der Waals surface area contributed by atoms with Gasteiger partial charge in [0.25, 0.3) is 0 Å². The van der Waals surface area contributed by atoms with Gasteiger partial charge in [-0.3, -0.25) is 4.90 Å². The second-order valence-electron chi connectivity index (χ2n) is 11.8. The van der Waals surface area contributed by atoms with Crippen LogP contribution in [0.4, 0.5) is 15.3 Å². The van der Waals surface area contributed by atoms with Crippen LogP contribution in [0.2, 0.25) is 0 Å². The van der Waals surface area contributed by atoms with Gasteiger partial charge in [0.15, 0.2) is 0 Å². The van der Waals surface area contributed by atoms with Crippen LogP contribution in [-0.4, -0.2) is 59.2 Å². The number of rotatable bonds is 6. The quantitative estimate of drug-likeness (QED) is 0.452. The number of anilines is 1. The van der Waals surface area contributed by atoms with Crippen LogP contribution < -0.4 is 9.64 Å². The fourth-order valence-electron chi connectivity index (χ4n) is 4.45. The monoisotopic (exact) mass is 538 g/mol. The molecule has 39 heavy (non-hydrogen) atoms. The van der Waals surface area contributed by atoms with E-state index in [4.69, 9.17) is 14.2 Å². The van der Waals surface area contributed by atoms with Crippen LogP contribution in [0.15, 0.2) is 66.9 Å². The van der Waals surface area contributed by atoms with Crippen molar-refractivity contribution in [3.05, 3.63) is 72.4 Å². The zero-order chi connectivity index (χ0) is 28.8. The molecule has 2 aromatic rings. The number of methoxy groups -OCH3 is 1. The summed E-state index contributed by atoms with van der Waals surface area (Å²) in [6.45, 7) is 11.7. The molecule has 0 spiro atoms. The van der Waals surface area contributed by atoms with Gasteiger partial charge in [0.05, 0.1) is 18.4 Å². The maximum Gasteiger partial charge on any atom is 0.418 e. The first-order chi connectivity index (χ1) is 18.2. The lowest BCUT2D eigenvalue weighted by Crippen LogP contribution is -2.50. The number of nitrogens with zero attached hydrogens (tertiary/aromatic N) is 2. The summed E-state index contributed by atoms with van der Waals surface area (Å²) in [6.07, 6.45) is 3.28. The molecule has 1 aliphatic rings. The van der Waals surface area contributed by atoms with Gasteiger partial charge in [0, 0.05) is 25.2 Å². The molecule has 8 nitrogen and oxygen atoms in total. The van der Waals surface area contributed by atoms with Crippen LogP contribution in [0.1, 0.15) is 65.9 Å². The molecule has 0 aromatic heterocycles. The van der Waals surface area contributed by atoms with Crippen LogP contribution >= 0.6 is 0 Å². The SMILES string of the molecule is COc1ccc(N(/C=C\[C@H](c2ccccc2)C2(O)CCN(C(=O)OC(C)(C)C)CC2)C(=O)OC(C)(C)C)cc1. The van der Waals surface area contributed by atoms with Crippen LogP contribution in [0, 0.1) is 0 Å². The van der Waals surface area contributed by atoms with E-state index in [1.165, 1.54) is 4.90 Å². The Morgan fingerprint density at radius 3 is 2.00 bits per heavy atom. The Morgan fingerprint density at radius 2 is 1.49 bits per heavy atom. The van der Waals surface area contributed by atoms with Crippen molar-refractivity contribution in [3.8, 4) is 5.75 Å². The summed E-state index contributed by atoms with van der Waals surface area (Å²) in [7, 11) is 1.58. The number of ether oxygens (including phenoxy) is 3. The Morgan fingerprint density at radius 1 is 0.923 bits per heavy atom. The zero-order valence-electron chi connectivity index (χ0n) is 24.1. The third-order valence-electron chi connectivity index (χ3n) is 6.39. The molecule has 1 atom stereocenters. The molecule has 0 radical (unpaired) electrons. The zero-order valence-corrected chi connectivity index (χ0v) is 24.1. The molecule has 3 rings (SSSR count). The van der Waals surface area contributed by atoms with E-state index in [0.29, 0.717) is 37.4 Å². The lowest BCUT2D eigenvalue weighted by molar-refractivity contribution is -0.0401. The standard InChI is InChI=1S/C31H42N2O6/c1-29(2,3)38-27(34)32-21-18-31(36,19-22-32)26(23-11-9-8-10-12-23)17-20-33(28(35)39-30(4,5)6)24-13-15-25(37-7)16-14-24/h8-17,20,26,36H,18-19,21-22H2,1-7H3/b20-17-/t26-/m1/s1. The highest BCUT2D eigenvalue weighted by molar-refractivity contribution is 5.90. The second-order valence-corrected chi connectivity index (χ2v) is 11.8. The lowest BCUT2D eigenvalue weighted by atomic mass is 9.76. The third-order valence-corrected chi connectivity index (χ3v) is 6.39. The summed E-state index contributed by atoms with van der Waals surface area (Å²) in [5.74, 6) is 0.225. The molecule has 1 aliphatic heterocycles. The average molecular weight is 539 g/mol. The first-order valence-electron chi connectivity index (χ1n) is 13.3. The van der Waals surface area contributed by atoms with Gasteiger partial charge in [0.2, 0.25) is 0 Å². The van der Waals surface area contributed by atoms with Gasteiger partial charge in [-0.2, -0.15) is 0 Å². The minimum absolute atomic E-state index is 0.352. The van der Waals surface area contributed by atoms with Crippen molar-refractivity contribution in [1.82, 2.24) is 4.90 Å². The van der Waals surface area contributed by atoms with Crippen molar-refractivity contribution < 1.29 is 28.9 Å². The number of amides is 2. The van der Waals surface area contributed by atoms with E-state index in [1.807, 2.05) is 78.0 Å². The van der Waals surface area contributed by atoms with E-state index >= 15 is 0 Å². The van der Waals surface area contributed by atoms with E-state index in [2.05, 4.69) is 0 Å². The molecule has 1 heterocycles. The molecule has 1 fully saturated rings. The number of hydrogen-bond donors (Lipinski definition) is 1. The van der Waals surface area contributed by atoms with Gasteiger partial charge in [0.1, 0.15) is 17.0 Å². The Labute approximate surface area is 232 Å². The highest BCUT2D eigenvalue weighted by Gasteiger charge is 2.41. The summed E-state index contributed by atoms with van der Waals surface area (Å²) in [5.41, 5.74) is -0.926. The van der Waals surface area contributed by atoms with E-state index in [9.17, 15) is 14.7 Å². The normalized spacial score (nSPS) is 16.5. The summed E-state index contributed by atoms with van der Waals surface area (Å²) >= 11 is 0. The molecule has 1 N–H and O–H groups in total. The molecule has 0 bridgehead atoms.